The third kappa shape index (κ3) is 3.79. The van der Waals surface area contributed by atoms with E-state index >= 15 is 0 Å². The number of carbonyl (C=O) groups is 1. The van der Waals surface area contributed by atoms with Crippen molar-refractivity contribution in [2.75, 3.05) is 5.75 Å². The van der Waals surface area contributed by atoms with Crippen LogP contribution in [-0.2, 0) is 22.1 Å². The average Bonchev–Trinajstić information content (AvgIpc) is 2.45. The molecule has 0 bridgehead atoms. The summed E-state index contributed by atoms with van der Waals surface area (Å²) in [6.45, 7) is 4.82. The molecule has 1 atom stereocenters. The van der Waals surface area contributed by atoms with Gasteiger partial charge in [-0.1, -0.05) is 38.1 Å². The number of hydrogen-bond acceptors (Lipinski definition) is 2. The maximum atomic E-state index is 12.1. The van der Waals surface area contributed by atoms with Gasteiger partial charge in [0.2, 0.25) is 5.91 Å². The minimum atomic E-state index is -0.974. The molecule has 1 aliphatic rings. The van der Waals surface area contributed by atoms with Gasteiger partial charge in [-0.25, -0.2) is 0 Å². The lowest BCUT2D eigenvalue weighted by Gasteiger charge is -2.15. The molecule has 1 N–H and O–H groups in total. The first-order chi connectivity index (χ1) is 9.58. The maximum Gasteiger partial charge on any atom is 0.248 e. The Morgan fingerprint density at radius 1 is 1.35 bits per heavy atom. The predicted molar refractivity (Wildman–Crippen MR) is 82.7 cm³/mol. The van der Waals surface area contributed by atoms with Gasteiger partial charge < -0.3 is 5.32 Å². The van der Waals surface area contributed by atoms with Crippen molar-refractivity contribution in [1.29, 1.82) is 0 Å². The molecule has 0 radical (unpaired) electrons. The molecule has 0 spiro atoms. The van der Waals surface area contributed by atoms with E-state index < -0.39 is 10.8 Å². The van der Waals surface area contributed by atoms with E-state index in [0.717, 1.165) is 18.4 Å². The lowest BCUT2D eigenvalue weighted by Crippen LogP contribution is -2.26. The third-order valence-corrected chi connectivity index (χ3v) is 4.71. The summed E-state index contributed by atoms with van der Waals surface area (Å²) in [5, 5.41) is 4.55. The standard InChI is InChI=1S/C16H21NO2S/c1-12(2)15-8-4-3-6-13(15)10-17-16(18)14-7-5-9-20(19)11-14/h3-4,6,8,11-12H,5,7,9-10H2,1-2H3,(H,17,18). The Morgan fingerprint density at radius 2 is 2.10 bits per heavy atom. The van der Waals surface area contributed by atoms with E-state index in [0.29, 0.717) is 23.8 Å². The molecule has 0 fully saturated rings. The van der Waals surface area contributed by atoms with Gasteiger partial charge in [-0.15, -0.1) is 0 Å². The Hall–Kier alpha value is -1.42. The normalized spacial score (nSPS) is 18.8. The highest BCUT2D eigenvalue weighted by Crippen LogP contribution is 2.19. The Kier molecular flexibility index (Phi) is 5.12. The molecule has 1 unspecified atom stereocenters. The van der Waals surface area contributed by atoms with Crippen molar-refractivity contribution in [3.05, 3.63) is 46.4 Å². The van der Waals surface area contributed by atoms with Gasteiger partial charge in [-0.2, -0.15) is 0 Å². The first-order valence-electron chi connectivity index (χ1n) is 7.02. The zero-order valence-corrected chi connectivity index (χ0v) is 12.8. The van der Waals surface area contributed by atoms with Gasteiger partial charge in [0.05, 0.1) is 0 Å². The topological polar surface area (TPSA) is 46.2 Å². The van der Waals surface area contributed by atoms with E-state index in [9.17, 15) is 9.00 Å². The van der Waals surface area contributed by atoms with E-state index in [2.05, 4.69) is 25.2 Å². The minimum absolute atomic E-state index is 0.0865. The van der Waals surface area contributed by atoms with Crippen LogP contribution in [0.2, 0.25) is 0 Å². The average molecular weight is 291 g/mol. The number of nitrogens with one attached hydrogen (secondary N) is 1. The second-order valence-electron chi connectivity index (χ2n) is 5.37. The van der Waals surface area contributed by atoms with Gasteiger partial charge in [-0.05, 0) is 29.9 Å². The van der Waals surface area contributed by atoms with E-state index in [1.807, 2.05) is 18.2 Å². The molecule has 0 aromatic heterocycles. The highest BCUT2D eigenvalue weighted by molar-refractivity contribution is 7.88. The summed E-state index contributed by atoms with van der Waals surface area (Å²) >= 11 is 0. The minimum Gasteiger partial charge on any atom is -0.348 e. The summed E-state index contributed by atoms with van der Waals surface area (Å²) in [5.41, 5.74) is 3.07. The summed E-state index contributed by atoms with van der Waals surface area (Å²) in [6.07, 6.45) is 1.55. The van der Waals surface area contributed by atoms with Crippen molar-refractivity contribution < 1.29 is 9.00 Å². The maximum absolute atomic E-state index is 12.1. The molecule has 108 valence electrons. The number of hydrogen-bond donors (Lipinski definition) is 1. The van der Waals surface area contributed by atoms with Crippen LogP contribution in [-0.4, -0.2) is 15.9 Å². The van der Waals surface area contributed by atoms with Crippen LogP contribution >= 0.6 is 0 Å². The Balaban J connectivity index is 2.02. The Labute approximate surface area is 122 Å². The van der Waals surface area contributed by atoms with Crippen LogP contribution in [0.1, 0.15) is 43.7 Å². The molecular weight excluding hydrogens is 270 g/mol. The summed E-state index contributed by atoms with van der Waals surface area (Å²) in [4.78, 5) is 12.1. The fourth-order valence-electron chi connectivity index (χ4n) is 2.40. The molecule has 1 amide bonds. The molecule has 1 aromatic carbocycles. The van der Waals surface area contributed by atoms with Crippen molar-refractivity contribution in [1.82, 2.24) is 5.32 Å². The van der Waals surface area contributed by atoms with E-state index in [4.69, 9.17) is 0 Å². The smallest absolute Gasteiger partial charge is 0.248 e. The molecule has 1 heterocycles. The predicted octanol–water partition coefficient (Wildman–Crippen LogP) is 2.85. The molecule has 1 aromatic rings. The lowest BCUT2D eigenvalue weighted by molar-refractivity contribution is -0.117. The van der Waals surface area contributed by atoms with Crippen molar-refractivity contribution >= 4 is 16.7 Å². The molecule has 1 aliphatic heterocycles. The van der Waals surface area contributed by atoms with Crippen LogP contribution in [0, 0.1) is 0 Å². The van der Waals surface area contributed by atoms with Crippen LogP contribution in [0.25, 0.3) is 0 Å². The fourth-order valence-corrected chi connectivity index (χ4v) is 3.48. The van der Waals surface area contributed by atoms with Gasteiger partial charge in [0.25, 0.3) is 0 Å². The van der Waals surface area contributed by atoms with Crippen molar-refractivity contribution in [2.45, 2.75) is 39.2 Å². The zero-order chi connectivity index (χ0) is 14.5. The second-order valence-corrected chi connectivity index (χ2v) is 6.77. The van der Waals surface area contributed by atoms with Gasteiger partial charge >= 0.3 is 0 Å². The zero-order valence-electron chi connectivity index (χ0n) is 12.0. The fraction of sp³-hybridized carbons (Fsp3) is 0.438. The quantitative estimate of drug-likeness (QED) is 0.927. The van der Waals surface area contributed by atoms with Gasteiger partial charge in [0.15, 0.2) is 0 Å². The van der Waals surface area contributed by atoms with Crippen LogP contribution in [0.15, 0.2) is 35.2 Å². The summed E-state index contributed by atoms with van der Waals surface area (Å²) in [5.74, 6) is 1.02. The largest absolute Gasteiger partial charge is 0.348 e. The van der Waals surface area contributed by atoms with Crippen LogP contribution < -0.4 is 5.32 Å². The Bertz CT molecular complexity index is 549. The monoisotopic (exact) mass is 291 g/mol. The number of benzene rings is 1. The van der Waals surface area contributed by atoms with E-state index in [1.165, 1.54) is 5.56 Å². The summed E-state index contributed by atoms with van der Waals surface area (Å²) in [6, 6.07) is 8.15. The number of rotatable bonds is 4. The molecule has 4 heteroatoms. The van der Waals surface area contributed by atoms with Crippen molar-refractivity contribution in [3.63, 3.8) is 0 Å². The molecule has 3 nitrogen and oxygen atoms in total. The van der Waals surface area contributed by atoms with Gasteiger partial charge in [0.1, 0.15) is 0 Å². The van der Waals surface area contributed by atoms with Crippen LogP contribution in [0.3, 0.4) is 0 Å². The van der Waals surface area contributed by atoms with Gasteiger partial charge in [0, 0.05) is 34.1 Å². The number of amides is 1. The first-order valence-corrected chi connectivity index (χ1v) is 8.40. The van der Waals surface area contributed by atoms with Crippen molar-refractivity contribution in [2.24, 2.45) is 0 Å². The molecule has 0 saturated carbocycles. The summed E-state index contributed by atoms with van der Waals surface area (Å²) in [7, 11) is -0.974. The van der Waals surface area contributed by atoms with Crippen LogP contribution in [0.5, 0.6) is 0 Å². The second kappa shape index (κ2) is 6.84. The van der Waals surface area contributed by atoms with Crippen LogP contribution in [0.4, 0.5) is 0 Å². The lowest BCUT2D eigenvalue weighted by atomic mass is 9.97. The molecule has 2 rings (SSSR count). The van der Waals surface area contributed by atoms with E-state index in [-0.39, 0.29) is 5.91 Å². The summed E-state index contributed by atoms with van der Waals surface area (Å²) < 4.78 is 11.5. The SMILES string of the molecule is CC(C)c1ccccc1CNC(=O)C1=CS(=O)CCC1. The number of carbonyl (C=O) groups excluding carboxylic acids is 1. The highest BCUT2D eigenvalue weighted by atomic mass is 32.2. The molecular formula is C16H21NO2S. The molecule has 0 saturated heterocycles. The Morgan fingerprint density at radius 3 is 2.80 bits per heavy atom. The molecule has 20 heavy (non-hydrogen) atoms. The first kappa shape index (κ1) is 15.0. The van der Waals surface area contributed by atoms with Gasteiger partial charge in [-0.3, -0.25) is 9.00 Å². The highest BCUT2D eigenvalue weighted by Gasteiger charge is 2.16. The van der Waals surface area contributed by atoms with Crippen molar-refractivity contribution in [3.8, 4) is 0 Å². The van der Waals surface area contributed by atoms with E-state index in [1.54, 1.807) is 5.41 Å². The third-order valence-electron chi connectivity index (χ3n) is 3.47. The molecule has 0 aliphatic carbocycles.